The summed E-state index contributed by atoms with van der Waals surface area (Å²) >= 11 is 1.46. The van der Waals surface area contributed by atoms with Gasteiger partial charge in [-0.25, -0.2) is 0 Å². The van der Waals surface area contributed by atoms with Crippen LogP contribution in [0.15, 0.2) is 17.5 Å². The van der Waals surface area contributed by atoms with E-state index in [1.54, 1.807) is 7.05 Å². The number of hydrogen-bond acceptors (Lipinski definition) is 4. The van der Waals surface area contributed by atoms with Crippen LogP contribution in [0.1, 0.15) is 10.9 Å². The van der Waals surface area contributed by atoms with Gasteiger partial charge in [-0.1, -0.05) is 6.07 Å². The minimum absolute atomic E-state index is 0.484. The van der Waals surface area contributed by atoms with Gasteiger partial charge in [0.25, 0.3) is 0 Å². The molecule has 0 bridgehead atoms. The minimum atomic E-state index is -0.927. The lowest BCUT2D eigenvalue weighted by Gasteiger charge is -2.17. The zero-order valence-corrected chi connectivity index (χ0v) is 8.04. The first-order valence-corrected chi connectivity index (χ1v) is 4.74. The molecule has 0 aliphatic heterocycles. The normalized spacial score (nSPS) is 15.2. The fourth-order valence-electron chi connectivity index (χ4n) is 1.10. The smallest absolute Gasteiger partial charge is 0.322 e. The molecular formula is C8H12N2O2S. The van der Waals surface area contributed by atoms with Crippen LogP contribution < -0.4 is 11.1 Å². The maximum Gasteiger partial charge on any atom is 0.322 e. The molecule has 1 aromatic heterocycles. The van der Waals surface area contributed by atoms with Crippen molar-refractivity contribution in [1.29, 1.82) is 0 Å². The van der Waals surface area contributed by atoms with Gasteiger partial charge >= 0.3 is 5.97 Å². The Hall–Kier alpha value is -0.910. The molecule has 5 heteroatoms. The molecule has 2 unspecified atom stereocenters. The number of nitrogens with one attached hydrogen (secondary N) is 1. The van der Waals surface area contributed by atoms with Crippen molar-refractivity contribution in [2.45, 2.75) is 12.1 Å². The Bertz CT molecular complexity index is 274. The van der Waals surface area contributed by atoms with Gasteiger partial charge in [-0.2, -0.15) is 0 Å². The van der Waals surface area contributed by atoms with Crippen molar-refractivity contribution < 1.29 is 9.90 Å². The van der Waals surface area contributed by atoms with E-state index in [1.165, 1.54) is 11.3 Å². The van der Waals surface area contributed by atoms with Crippen molar-refractivity contribution >= 4 is 17.3 Å². The Morgan fingerprint density at radius 2 is 2.46 bits per heavy atom. The maximum absolute atomic E-state index is 10.7. The Labute approximate surface area is 80.4 Å². The number of nitrogens with two attached hydrogens (primary N) is 1. The van der Waals surface area contributed by atoms with Gasteiger partial charge in [0, 0.05) is 4.88 Å². The summed E-state index contributed by atoms with van der Waals surface area (Å²) in [6, 6.07) is 2.48. The van der Waals surface area contributed by atoms with Crippen molar-refractivity contribution in [1.82, 2.24) is 5.32 Å². The molecule has 0 aliphatic carbocycles. The van der Waals surface area contributed by atoms with Gasteiger partial charge in [0.05, 0.1) is 6.04 Å². The number of carboxylic acid groups (broad SMARTS) is 1. The van der Waals surface area contributed by atoms with E-state index >= 15 is 0 Å². The summed E-state index contributed by atoms with van der Waals surface area (Å²) in [5, 5.41) is 13.4. The van der Waals surface area contributed by atoms with E-state index in [0.29, 0.717) is 0 Å². The SMILES string of the molecule is CNC(C(=O)O)C(N)c1cccs1. The van der Waals surface area contributed by atoms with Crippen molar-refractivity contribution in [3.8, 4) is 0 Å². The number of thiophene rings is 1. The van der Waals surface area contributed by atoms with Crippen LogP contribution in [0.25, 0.3) is 0 Å². The fourth-order valence-corrected chi connectivity index (χ4v) is 1.87. The number of hydrogen-bond donors (Lipinski definition) is 3. The standard InChI is InChI=1S/C8H12N2O2S/c1-10-7(8(11)12)6(9)5-3-2-4-13-5/h2-4,6-7,10H,9H2,1H3,(H,11,12). The number of carboxylic acids is 1. The van der Waals surface area contributed by atoms with E-state index in [0.717, 1.165) is 4.88 Å². The monoisotopic (exact) mass is 200 g/mol. The summed E-state index contributed by atoms with van der Waals surface area (Å²) in [5.74, 6) is -0.927. The highest BCUT2D eigenvalue weighted by Crippen LogP contribution is 2.19. The Morgan fingerprint density at radius 3 is 2.85 bits per heavy atom. The molecule has 4 nitrogen and oxygen atoms in total. The van der Waals surface area contributed by atoms with Crippen molar-refractivity contribution in [3.63, 3.8) is 0 Å². The molecule has 4 N–H and O–H groups in total. The Kier molecular flexibility index (Phi) is 3.41. The van der Waals surface area contributed by atoms with Gasteiger partial charge in [-0.05, 0) is 18.5 Å². The van der Waals surface area contributed by atoms with Gasteiger partial charge in [-0.15, -0.1) is 11.3 Å². The van der Waals surface area contributed by atoms with Crippen molar-refractivity contribution in [2.75, 3.05) is 7.05 Å². The summed E-state index contributed by atoms with van der Waals surface area (Å²) in [6.07, 6.45) is 0. The molecule has 0 radical (unpaired) electrons. The molecule has 13 heavy (non-hydrogen) atoms. The molecule has 0 amide bonds. The second-order valence-electron chi connectivity index (χ2n) is 2.65. The summed E-state index contributed by atoms with van der Waals surface area (Å²) in [7, 11) is 1.59. The summed E-state index contributed by atoms with van der Waals surface area (Å²) in [4.78, 5) is 11.6. The van der Waals surface area contributed by atoms with E-state index in [1.807, 2.05) is 17.5 Å². The molecule has 0 aliphatic rings. The highest BCUT2D eigenvalue weighted by atomic mass is 32.1. The molecule has 0 aromatic carbocycles. The minimum Gasteiger partial charge on any atom is -0.480 e. The lowest BCUT2D eigenvalue weighted by atomic mass is 10.1. The topological polar surface area (TPSA) is 75.3 Å². The third-order valence-electron chi connectivity index (χ3n) is 1.81. The quantitative estimate of drug-likeness (QED) is 0.658. The predicted octanol–water partition coefficient (Wildman–Crippen LogP) is 0.421. The van der Waals surface area contributed by atoms with Gasteiger partial charge in [0.1, 0.15) is 6.04 Å². The van der Waals surface area contributed by atoms with E-state index in [-0.39, 0.29) is 0 Å². The second-order valence-corrected chi connectivity index (χ2v) is 3.63. The first-order valence-electron chi connectivity index (χ1n) is 3.86. The fraction of sp³-hybridized carbons (Fsp3) is 0.375. The molecule has 0 saturated carbocycles. The average Bonchev–Trinajstić information content (AvgIpc) is 2.56. The highest BCUT2D eigenvalue weighted by molar-refractivity contribution is 7.10. The Morgan fingerprint density at radius 1 is 1.77 bits per heavy atom. The predicted molar refractivity (Wildman–Crippen MR) is 51.7 cm³/mol. The lowest BCUT2D eigenvalue weighted by molar-refractivity contribution is -0.139. The molecule has 0 fully saturated rings. The van der Waals surface area contributed by atoms with Crippen LogP contribution in [0.3, 0.4) is 0 Å². The molecule has 1 rings (SSSR count). The van der Waals surface area contributed by atoms with Crippen molar-refractivity contribution in [2.24, 2.45) is 5.73 Å². The van der Waals surface area contributed by atoms with Gasteiger partial charge in [0.2, 0.25) is 0 Å². The lowest BCUT2D eigenvalue weighted by Crippen LogP contribution is -2.42. The van der Waals surface area contributed by atoms with Gasteiger partial charge in [0.15, 0.2) is 0 Å². The van der Waals surface area contributed by atoms with E-state index in [4.69, 9.17) is 10.8 Å². The largest absolute Gasteiger partial charge is 0.480 e. The molecule has 0 spiro atoms. The molecule has 2 atom stereocenters. The number of rotatable bonds is 4. The zero-order chi connectivity index (χ0) is 9.84. The number of likely N-dealkylation sites (N-methyl/N-ethyl adjacent to an activating group) is 1. The maximum atomic E-state index is 10.7. The van der Waals surface area contributed by atoms with E-state index < -0.39 is 18.1 Å². The third-order valence-corrected chi connectivity index (χ3v) is 2.78. The van der Waals surface area contributed by atoms with Gasteiger partial charge < -0.3 is 16.2 Å². The van der Waals surface area contributed by atoms with Crippen LogP contribution in [-0.2, 0) is 4.79 Å². The molecule has 0 saturated heterocycles. The highest BCUT2D eigenvalue weighted by Gasteiger charge is 2.24. The average molecular weight is 200 g/mol. The molecular weight excluding hydrogens is 188 g/mol. The van der Waals surface area contributed by atoms with E-state index in [9.17, 15) is 4.79 Å². The molecule has 72 valence electrons. The number of aliphatic carboxylic acids is 1. The first kappa shape index (κ1) is 10.2. The van der Waals surface area contributed by atoms with E-state index in [2.05, 4.69) is 5.32 Å². The zero-order valence-electron chi connectivity index (χ0n) is 7.23. The van der Waals surface area contributed by atoms with Crippen LogP contribution in [0.5, 0.6) is 0 Å². The van der Waals surface area contributed by atoms with Crippen LogP contribution in [0.2, 0.25) is 0 Å². The summed E-state index contributed by atoms with van der Waals surface area (Å²) < 4.78 is 0. The van der Waals surface area contributed by atoms with Crippen molar-refractivity contribution in [3.05, 3.63) is 22.4 Å². The van der Waals surface area contributed by atoms with Crippen LogP contribution >= 0.6 is 11.3 Å². The molecule has 1 aromatic rings. The summed E-state index contributed by atoms with van der Waals surface area (Å²) in [6.45, 7) is 0. The molecule has 1 heterocycles. The second kappa shape index (κ2) is 4.36. The third kappa shape index (κ3) is 2.27. The number of carbonyl (C=O) groups is 1. The van der Waals surface area contributed by atoms with Gasteiger partial charge in [-0.3, -0.25) is 4.79 Å². The summed E-state index contributed by atoms with van der Waals surface area (Å²) in [5.41, 5.74) is 5.76. The first-order chi connectivity index (χ1) is 6.16. The van der Waals surface area contributed by atoms with Crippen LogP contribution in [-0.4, -0.2) is 24.2 Å². The van der Waals surface area contributed by atoms with Crippen LogP contribution in [0.4, 0.5) is 0 Å². The Balaban J connectivity index is 2.76. The van der Waals surface area contributed by atoms with Crippen LogP contribution in [0, 0.1) is 0 Å².